The van der Waals surface area contributed by atoms with Crippen molar-refractivity contribution in [2.75, 3.05) is 38.7 Å². The van der Waals surface area contributed by atoms with Crippen LogP contribution in [0.5, 0.6) is 0 Å². The molecule has 300 valence electrons. The predicted molar refractivity (Wildman–Crippen MR) is 210 cm³/mol. The lowest BCUT2D eigenvalue weighted by Crippen LogP contribution is -2.51. The maximum Gasteiger partial charge on any atom is 0.270 e. The van der Waals surface area contributed by atoms with E-state index >= 15 is 0 Å². The number of fused-ring (bicyclic) bond motifs is 2. The Morgan fingerprint density at radius 2 is 1.16 bits per heavy atom. The molecule has 3 heterocycles. The number of pyridine rings is 1. The number of amides is 4. The van der Waals surface area contributed by atoms with Gasteiger partial charge in [-0.1, -0.05) is 24.3 Å². The maximum absolute atomic E-state index is 13.7. The van der Waals surface area contributed by atoms with E-state index < -0.39 is 49.1 Å². The van der Waals surface area contributed by atoms with Crippen molar-refractivity contribution in [3.8, 4) is 0 Å². The van der Waals surface area contributed by atoms with E-state index in [1.54, 1.807) is 43.6 Å². The molecule has 2 aliphatic heterocycles. The van der Waals surface area contributed by atoms with Crippen LogP contribution in [0.2, 0.25) is 0 Å². The van der Waals surface area contributed by atoms with Crippen LogP contribution in [0.25, 0.3) is 32.3 Å². The molecule has 1 aromatic heterocycles. The Morgan fingerprint density at radius 1 is 0.684 bits per heavy atom. The van der Waals surface area contributed by atoms with E-state index in [4.69, 9.17) is 9.11 Å². The minimum Gasteiger partial charge on any atom is -0.313 e. The zero-order valence-electron chi connectivity index (χ0n) is 31.0. The highest BCUT2D eigenvalue weighted by Crippen LogP contribution is 2.36. The number of nitrogens with one attached hydrogen (secondary N) is 2. The second-order valence-corrected chi connectivity index (χ2v) is 16.4. The van der Waals surface area contributed by atoms with Crippen LogP contribution in [0, 0.1) is 10.1 Å². The van der Waals surface area contributed by atoms with E-state index in [0.717, 1.165) is 21.1 Å². The van der Waals surface area contributed by atoms with Crippen molar-refractivity contribution in [1.82, 2.24) is 25.4 Å². The fourth-order valence-corrected chi connectivity index (χ4v) is 6.75. The van der Waals surface area contributed by atoms with E-state index in [1.807, 2.05) is 31.2 Å². The number of nitro groups is 1. The summed E-state index contributed by atoms with van der Waals surface area (Å²) in [7, 11) is -7.33. The third-order valence-electron chi connectivity index (χ3n) is 8.99. The van der Waals surface area contributed by atoms with Crippen molar-refractivity contribution in [2.45, 2.75) is 25.9 Å². The number of carbonyl (C=O) groups is 4. The molecule has 0 saturated carbocycles. The zero-order chi connectivity index (χ0) is 42.0. The highest BCUT2D eigenvalue weighted by Gasteiger charge is 2.38. The molecular formula is C37H38N6O12S2. The fraction of sp³-hybridized carbons (Fsp3) is 0.270. The van der Waals surface area contributed by atoms with Crippen LogP contribution in [0.4, 0.5) is 5.69 Å². The zero-order valence-corrected chi connectivity index (χ0v) is 32.6. The van der Waals surface area contributed by atoms with Gasteiger partial charge < -0.3 is 10.6 Å². The van der Waals surface area contributed by atoms with E-state index in [-0.39, 0.29) is 23.1 Å². The van der Waals surface area contributed by atoms with Gasteiger partial charge in [-0.3, -0.25) is 53.2 Å². The van der Waals surface area contributed by atoms with Gasteiger partial charge in [0.2, 0.25) is 0 Å². The number of aromatic nitrogens is 1. The van der Waals surface area contributed by atoms with Crippen molar-refractivity contribution in [2.24, 2.45) is 0 Å². The molecule has 0 aliphatic carbocycles. The highest BCUT2D eigenvalue weighted by molar-refractivity contribution is 7.85. The average Bonchev–Trinajstić information content (AvgIpc) is 3.12. The number of benzene rings is 4. The monoisotopic (exact) mass is 822 g/mol. The number of hydrogen-bond donors (Lipinski definition) is 4. The minimum atomic E-state index is -3.67. The first-order chi connectivity index (χ1) is 26.7. The van der Waals surface area contributed by atoms with E-state index in [1.165, 1.54) is 17.0 Å². The molecule has 0 fully saturated rings. The SMILES string of the molecule is CS(=O)(=O)O.CS(=O)(=O)O.C[C@H](CNCCNC[C@@H](C)N1C(=O)c2cccc3c2c(cc2ccncc23)C1=O)N1C(=O)c2cccc3cc([N+](=O)[O-])cc(c23)C1=O. The second kappa shape index (κ2) is 16.8. The summed E-state index contributed by atoms with van der Waals surface area (Å²) in [5.41, 5.74) is 1.24. The van der Waals surface area contributed by atoms with Gasteiger partial charge in [-0.15, -0.1) is 0 Å². The molecule has 4 aromatic carbocycles. The number of imide groups is 2. The lowest BCUT2D eigenvalue weighted by Gasteiger charge is -2.32. The van der Waals surface area contributed by atoms with Gasteiger partial charge in [0.05, 0.1) is 23.0 Å². The first-order valence-electron chi connectivity index (χ1n) is 17.2. The number of non-ortho nitro benzene ring substituents is 1. The Bertz CT molecular complexity index is 2640. The van der Waals surface area contributed by atoms with Gasteiger partial charge in [-0.2, -0.15) is 16.8 Å². The topological polar surface area (TPSA) is 264 Å². The fourth-order valence-electron chi connectivity index (χ4n) is 6.75. The summed E-state index contributed by atoms with van der Waals surface area (Å²) >= 11 is 0. The van der Waals surface area contributed by atoms with Gasteiger partial charge in [0, 0.05) is 95.6 Å². The second-order valence-electron chi connectivity index (χ2n) is 13.4. The first kappa shape index (κ1) is 42.4. The lowest BCUT2D eigenvalue weighted by atomic mass is 9.90. The number of nitrogens with zero attached hydrogens (tertiary/aromatic N) is 4. The Labute approximate surface area is 326 Å². The summed E-state index contributed by atoms with van der Waals surface area (Å²) in [4.78, 5) is 71.6. The standard InChI is InChI=1S/C35H30N6O6.2CH4O3S/c1-19(39-32(42)25-7-3-5-22-13-23(41(46)47)15-28(30(22)25)35(39)45)16-37-11-12-38-17-20(2)40-33(43)26-8-4-6-24-29-18-36-10-9-21(29)14-27(31(24)26)34(40)44;2*1-5(2,3)4/h3-10,13-15,18-20,37-38H,11-12,16-17H2,1-2H3;2*1H3,(H,2,3,4)/t19-,20-;;/m1../s1. The van der Waals surface area contributed by atoms with Gasteiger partial charge in [-0.05, 0) is 54.3 Å². The van der Waals surface area contributed by atoms with Gasteiger partial charge in [0.1, 0.15) is 0 Å². The van der Waals surface area contributed by atoms with Crippen molar-refractivity contribution in [3.05, 3.63) is 105 Å². The molecule has 2 atom stereocenters. The molecular weight excluding hydrogens is 785 g/mol. The summed E-state index contributed by atoms with van der Waals surface area (Å²) in [6, 6.07) is 15.7. The molecule has 0 bridgehead atoms. The molecule has 20 heteroatoms. The molecule has 0 unspecified atom stereocenters. The normalized spacial score (nSPS) is 14.9. The Balaban J connectivity index is 0.000000554. The third kappa shape index (κ3) is 9.62. The highest BCUT2D eigenvalue weighted by atomic mass is 32.2. The summed E-state index contributed by atoms with van der Waals surface area (Å²) in [6.45, 7) is 5.20. The van der Waals surface area contributed by atoms with Crippen molar-refractivity contribution < 1.29 is 50.0 Å². The maximum atomic E-state index is 13.7. The molecule has 4 amide bonds. The molecule has 5 aromatic rings. The van der Waals surface area contributed by atoms with E-state index in [2.05, 4.69) is 15.6 Å². The van der Waals surface area contributed by atoms with E-state index in [0.29, 0.717) is 71.5 Å². The lowest BCUT2D eigenvalue weighted by molar-refractivity contribution is -0.384. The number of hydrogen-bond acceptors (Lipinski definition) is 13. The number of nitro benzene ring substituents is 1. The Morgan fingerprint density at radius 3 is 1.68 bits per heavy atom. The minimum absolute atomic E-state index is 0.137. The largest absolute Gasteiger partial charge is 0.313 e. The number of rotatable bonds is 10. The summed E-state index contributed by atoms with van der Waals surface area (Å²) in [5.74, 6) is -1.68. The van der Waals surface area contributed by atoms with Gasteiger partial charge in [-0.25, -0.2) is 0 Å². The smallest absolute Gasteiger partial charge is 0.270 e. The van der Waals surface area contributed by atoms with Crippen molar-refractivity contribution in [3.63, 3.8) is 0 Å². The van der Waals surface area contributed by atoms with Crippen LogP contribution in [0.3, 0.4) is 0 Å². The molecule has 7 rings (SSSR count). The van der Waals surface area contributed by atoms with Gasteiger partial charge >= 0.3 is 0 Å². The average molecular weight is 823 g/mol. The van der Waals surface area contributed by atoms with E-state index in [9.17, 15) is 46.1 Å². The molecule has 0 saturated heterocycles. The van der Waals surface area contributed by atoms with Crippen LogP contribution < -0.4 is 10.6 Å². The van der Waals surface area contributed by atoms with Gasteiger partial charge in [0.15, 0.2) is 0 Å². The van der Waals surface area contributed by atoms with Crippen LogP contribution in [0.15, 0.2) is 73.1 Å². The first-order valence-corrected chi connectivity index (χ1v) is 20.9. The summed E-state index contributed by atoms with van der Waals surface area (Å²) < 4.78 is 51.7. The Kier molecular flexibility index (Phi) is 12.5. The molecule has 57 heavy (non-hydrogen) atoms. The quantitative estimate of drug-likeness (QED) is 0.0393. The molecule has 18 nitrogen and oxygen atoms in total. The van der Waals surface area contributed by atoms with Crippen molar-refractivity contribution >= 4 is 81.9 Å². The van der Waals surface area contributed by atoms with Crippen LogP contribution >= 0.6 is 0 Å². The van der Waals surface area contributed by atoms with Gasteiger partial charge in [0.25, 0.3) is 49.6 Å². The summed E-state index contributed by atoms with van der Waals surface area (Å²) in [5, 5.41) is 22.2. The summed E-state index contributed by atoms with van der Waals surface area (Å²) in [6.07, 6.45) is 4.86. The molecule has 2 aliphatic rings. The van der Waals surface area contributed by atoms with Crippen molar-refractivity contribution in [1.29, 1.82) is 0 Å². The predicted octanol–water partition coefficient (Wildman–Crippen LogP) is 3.31. The Hall–Kier alpha value is -5.77. The molecule has 0 spiro atoms. The van der Waals surface area contributed by atoms with Crippen LogP contribution in [0.1, 0.15) is 55.3 Å². The van der Waals surface area contributed by atoms with Crippen LogP contribution in [-0.2, 0) is 20.2 Å². The number of carbonyl (C=O) groups excluding carboxylic acids is 4. The third-order valence-corrected chi connectivity index (χ3v) is 8.99. The molecule has 4 N–H and O–H groups in total. The van der Waals surface area contributed by atoms with Crippen LogP contribution in [-0.4, -0.2) is 120 Å². The molecule has 0 radical (unpaired) electrons.